The summed E-state index contributed by atoms with van der Waals surface area (Å²) in [6.07, 6.45) is -2.54. The van der Waals surface area contributed by atoms with E-state index >= 15 is 0 Å². The SMILES string of the molecule is COC(=O)[C@]1(C)CC[C@H](OC(C)=O)[C@]2(C)c3c(O)cc(C(C)C)cc3[C@H](O)[C@H](OC(C)=O)[C@H]21. The molecule has 0 heterocycles. The van der Waals surface area contributed by atoms with E-state index in [1.54, 1.807) is 26.0 Å². The van der Waals surface area contributed by atoms with Crippen LogP contribution >= 0.6 is 0 Å². The number of esters is 3. The molecular formula is C25H34O8. The molecule has 6 atom stereocenters. The molecule has 0 radical (unpaired) electrons. The number of carbonyl (C=O) groups excluding carboxylic acids is 3. The van der Waals surface area contributed by atoms with Gasteiger partial charge in [0.05, 0.1) is 12.5 Å². The van der Waals surface area contributed by atoms with Crippen LogP contribution in [0.1, 0.15) is 83.1 Å². The first kappa shape index (κ1) is 25.0. The zero-order valence-corrected chi connectivity index (χ0v) is 20.3. The molecule has 182 valence electrons. The third kappa shape index (κ3) is 3.88. The molecule has 2 aliphatic rings. The lowest BCUT2D eigenvalue weighted by atomic mass is 9.47. The summed E-state index contributed by atoms with van der Waals surface area (Å²) in [5.41, 5.74) is -0.739. The number of carbonyl (C=O) groups is 3. The van der Waals surface area contributed by atoms with Crippen LogP contribution in [0.2, 0.25) is 0 Å². The van der Waals surface area contributed by atoms with Crippen molar-refractivity contribution in [3.05, 3.63) is 28.8 Å². The molecule has 2 N–H and O–H groups in total. The van der Waals surface area contributed by atoms with Crippen molar-refractivity contribution in [2.75, 3.05) is 7.11 Å². The molecule has 1 aromatic rings. The van der Waals surface area contributed by atoms with Crippen molar-refractivity contribution >= 4 is 17.9 Å². The maximum Gasteiger partial charge on any atom is 0.311 e. The number of phenols is 1. The van der Waals surface area contributed by atoms with Gasteiger partial charge in [0.1, 0.15) is 24.1 Å². The molecule has 0 bridgehead atoms. The average Bonchev–Trinajstić information content (AvgIpc) is 2.72. The van der Waals surface area contributed by atoms with Gasteiger partial charge in [0.25, 0.3) is 0 Å². The van der Waals surface area contributed by atoms with Crippen molar-refractivity contribution in [1.29, 1.82) is 0 Å². The zero-order chi connectivity index (χ0) is 24.9. The van der Waals surface area contributed by atoms with Crippen molar-refractivity contribution in [1.82, 2.24) is 0 Å². The second kappa shape index (κ2) is 8.63. The van der Waals surface area contributed by atoms with E-state index in [0.717, 1.165) is 5.56 Å². The Hall–Kier alpha value is -2.61. The second-order valence-corrected chi connectivity index (χ2v) is 9.98. The highest BCUT2D eigenvalue weighted by Gasteiger charge is 2.67. The van der Waals surface area contributed by atoms with Crippen LogP contribution < -0.4 is 0 Å². The minimum atomic E-state index is -1.30. The summed E-state index contributed by atoms with van der Waals surface area (Å²) in [5.74, 6) is -2.48. The lowest BCUT2D eigenvalue weighted by Gasteiger charge is -2.59. The fourth-order valence-electron chi connectivity index (χ4n) is 6.12. The molecule has 1 fully saturated rings. The number of aliphatic hydroxyl groups excluding tert-OH is 1. The maximum absolute atomic E-state index is 13.1. The average molecular weight is 463 g/mol. The number of hydrogen-bond donors (Lipinski definition) is 2. The summed E-state index contributed by atoms with van der Waals surface area (Å²) < 4.78 is 16.5. The summed E-state index contributed by atoms with van der Waals surface area (Å²) in [4.78, 5) is 37.2. The zero-order valence-electron chi connectivity index (χ0n) is 20.3. The molecule has 1 aromatic carbocycles. The highest BCUT2D eigenvalue weighted by Crippen LogP contribution is 2.62. The van der Waals surface area contributed by atoms with E-state index in [-0.39, 0.29) is 18.1 Å². The Balaban J connectivity index is 2.39. The largest absolute Gasteiger partial charge is 0.508 e. The lowest BCUT2D eigenvalue weighted by molar-refractivity contribution is -0.204. The Labute approximate surface area is 194 Å². The van der Waals surface area contributed by atoms with Crippen LogP contribution in [0.3, 0.4) is 0 Å². The standard InChI is InChI=1S/C25H34O8/c1-12(2)15-10-16-19(17(28)11-15)25(6)18(32-13(3)26)8-9-24(5,23(30)31-7)22(25)21(20(16)29)33-14(4)27/h10-12,18,20-22,28-29H,8-9H2,1-7H3/t18-,20-,21-,22-,24+,25+/m0/s1. The van der Waals surface area contributed by atoms with Crippen LogP contribution in [-0.4, -0.2) is 47.4 Å². The van der Waals surface area contributed by atoms with Gasteiger partial charge in [-0.1, -0.05) is 26.8 Å². The number of aromatic hydroxyl groups is 1. The number of hydrogen-bond acceptors (Lipinski definition) is 8. The Bertz CT molecular complexity index is 969. The molecule has 0 aliphatic heterocycles. The molecule has 1 saturated carbocycles. The van der Waals surface area contributed by atoms with Crippen molar-refractivity contribution in [3.63, 3.8) is 0 Å². The summed E-state index contributed by atoms with van der Waals surface area (Å²) in [5, 5.41) is 22.7. The van der Waals surface area contributed by atoms with Crippen LogP contribution in [0.5, 0.6) is 5.75 Å². The van der Waals surface area contributed by atoms with E-state index in [9.17, 15) is 24.6 Å². The van der Waals surface area contributed by atoms with E-state index in [1.807, 2.05) is 13.8 Å². The van der Waals surface area contributed by atoms with Gasteiger partial charge in [-0.3, -0.25) is 14.4 Å². The topological polar surface area (TPSA) is 119 Å². The molecule has 0 saturated heterocycles. The molecule has 0 spiro atoms. The molecule has 0 amide bonds. The maximum atomic E-state index is 13.1. The van der Waals surface area contributed by atoms with Gasteiger partial charge in [-0.25, -0.2) is 0 Å². The highest BCUT2D eigenvalue weighted by atomic mass is 16.6. The number of aliphatic hydroxyl groups is 1. The van der Waals surface area contributed by atoms with Gasteiger partial charge in [-0.05, 0) is 42.9 Å². The normalized spacial score (nSPS) is 33.0. The predicted octanol–water partition coefficient (Wildman–Crippen LogP) is 3.27. The van der Waals surface area contributed by atoms with Crippen LogP contribution in [-0.2, 0) is 34.0 Å². The van der Waals surface area contributed by atoms with Crippen LogP contribution in [0, 0.1) is 11.3 Å². The molecular weight excluding hydrogens is 428 g/mol. The van der Waals surface area contributed by atoms with Gasteiger partial charge >= 0.3 is 17.9 Å². The molecule has 0 unspecified atom stereocenters. The number of fused-ring (bicyclic) bond motifs is 3. The molecule has 3 rings (SSSR count). The van der Waals surface area contributed by atoms with Crippen LogP contribution in [0.15, 0.2) is 12.1 Å². The fourth-order valence-corrected chi connectivity index (χ4v) is 6.12. The smallest absolute Gasteiger partial charge is 0.311 e. The predicted molar refractivity (Wildman–Crippen MR) is 118 cm³/mol. The third-order valence-corrected chi connectivity index (χ3v) is 7.52. The van der Waals surface area contributed by atoms with Gasteiger partial charge in [0.15, 0.2) is 0 Å². The monoisotopic (exact) mass is 462 g/mol. The third-order valence-electron chi connectivity index (χ3n) is 7.52. The summed E-state index contributed by atoms with van der Waals surface area (Å²) in [6, 6.07) is 3.43. The van der Waals surface area contributed by atoms with Gasteiger partial charge < -0.3 is 24.4 Å². The van der Waals surface area contributed by atoms with Crippen LogP contribution in [0.4, 0.5) is 0 Å². The number of phenolic OH excluding ortho intramolecular Hbond substituents is 1. The Morgan fingerprint density at radius 1 is 1.09 bits per heavy atom. The number of methoxy groups -OCH3 is 1. The number of rotatable bonds is 4. The summed E-state index contributed by atoms with van der Waals surface area (Å²) in [7, 11) is 1.28. The minimum absolute atomic E-state index is 0.0575. The van der Waals surface area contributed by atoms with Crippen molar-refractivity contribution in [2.24, 2.45) is 11.3 Å². The Kier molecular flexibility index (Phi) is 6.54. The number of benzene rings is 1. The molecule has 8 nitrogen and oxygen atoms in total. The first-order valence-electron chi connectivity index (χ1n) is 11.3. The quantitative estimate of drug-likeness (QED) is 0.517. The van der Waals surface area contributed by atoms with Crippen molar-refractivity contribution < 1.29 is 38.8 Å². The summed E-state index contributed by atoms with van der Waals surface area (Å²) >= 11 is 0. The Morgan fingerprint density at radius 2 is 1.70 bits per heavy atom. The lowest BCUT2D eigenvalue weighted by Crippen LogP contribution is -2.65. The van der Waals surface area contributed by atoms with E-state index < -0.39 is 53.0 Å². The van der Waals surface area contributed by atoms with Gasteiger partial charge in [0.2, 0.25) is 0 Å². The van der Waals surface area contributed by atoms with E-state index in [0.29, 0.717) is 17.5 Å². The van der Waals surface area contributed by atoms with E-state index in [2.05, 4.69) is 0 Å². The van der Waals surface area contributed by atoms with E-state index in [4.69, 9.17) is 14.2 Å². The highest BCUT2D eigenvalue weighted by molar-refractivity contribution is 5.78. The minimum Gasteiger partial charge on any atom is -0.508 e. The van der Waals surface area contributed by atoms with Crippen molar-refractivity contribution in [3.8, 4) is 5.75 Å². The van der Waals surface area contributed by atoms with Gasteiger partial charge in [0, 0.05) is 30.7 Å². The van der Waals surface area contributed by atoms with Crippen molar-refractivity contribution in [2.45, 2.75) is 84.0 Å². The molecule has 0 aromatic heterocycles. The fraction of sp³-hybridized carbons (Fsp3) is 0.640. The molecule has 8 heteroatoms. The van der Waals surface area contributed by atoms with Crippen LogP contribution in [0.25, 0.3) is 0 Å². The second-order valence-electron chi connectivity index (χ2n) is 9.98. The van der Waals surface area contributed by atoms with Gasteiger partial charge in [-0.15, -0.1) is 0 Å². The van der Waals surface area contributed by atoms with Gasteiger partial charge in [-0.2, -0.15) is 0 Å². The summed E-state index contributed by atoms with van der Waals surface area (Å²) in [6.45, 7) is 9.96. The Morgan fingerprint density at radius 3 is 2.21 bits per heavy atom. The van der Waals surface area contributed by atoms with E-state index in [1.165, 1.54) is 21.0 Å². The molecule has 2 aliphatic carbocycles. The molecule has 33 heavy (non-hydrogen) atoms. The first-order valence-corrected chi connectivity index (χ1v) is 11.3. The number of ether oxygens (including phenoxy) is 3. The first-order chi connectivity index (χ1) is 15.3.